The Morgan fingerprint density at radius 1 is 0.969 bits per heavy atom. The van der Waals surface area contributed by atoms with E-state index in [1.165, 1.54) is 6.92 Å². The summed E-state index contributed by atoms with van der Waals surface area (Å²) in [5.41, 5.74) is -1.70. The van der Waals surface area contributed by atoms with Crippen LogP contribution in [0.25, 0.3) is 0 Å². The Kier molecular flexibility index (Phi) is 6.87. The third-order valence-corrected chi connectivity index (χ3v) is 4.75. The zero-order valence-electron chi connectivity index (χ0n) is 16.9. The molecule has 0 spiro atoms. The summed E-state index contributed by atoms with van der Waals surface area (Å²) in [7, 11) is 0. The number of carbonyl (C=O) groups is 1. The summed E-state index contributed by atoms with van der Waals surface area (Å²) in [5.74, 6) is -1.44. The lowest BCUT2D eigenvalue weighted by Crippen LogP contribution is -2.36. The fraction of sp³-hybridized carbons (Fsp3) is 0.381. The molecule has 1 aliphatic rings. The molecule has 3 rings (SSSR count). The first-order chi connectivity index (χ1) is 14.9. The first kappa shape index (κ1) is 23.7. The Morgan fingerprint density at radius 3 is 2.00 bits per heavy atom. The molecule has 1 atom stereocenters. The first-order valence-electron chi connectivity index (χ1n) is 9.63. The number of hydrogen-bond acceptors (Lipinski definition) is 4. The number of nitrogens with zero attached hydrogens (tertiary/aromatic N) is 1. The van der Waals surface area contributed by atoms with Crippen molar-refractivity contribution < 1.29 is 40.6 Å². The standard InChI is InChI=1S/C21H20F6N2O3/c1-13(32-18-11-14(20(22,23)24)10-15(12-18)21(25,26)27)19(30)28-16-2-4-17(5-3-16)29-6-8-31-9-7-29/h2-5,10-13H,6-9H2,1H3,(H,28,30). The van der Waals surface area contributed by atoms with Crippen molar-refractivity contribution in [3.05, 3.63) is 53.6 Å². The maximum atomic E-state index is 13.0. The molecule has 1 saturated heterocycles. The summed E-state index contributed by atoms with van der Waals surface area (Å²) in [5, 5.41) is 2.53. The summed E-state index contributed by atoms with van der Waals surface area (Å²) in [4.78, 5) is 14.5. The molecule has 11 heteroatoms. The molecule has 5 nitrogen and oxygen atoms in total. The largest absolute Gasteiger partial charge is 0.481 e. The van der Waals surface area contributed by atoms with Crippen molar-refractivity contribution in [2.45, 2.75) is 25.4 Å². The van der Waals surface area contributed by atoms with Crippen molar-refractivity contribution in [2.75, 3.05) is 36.5 Å². The van der Waals surface area contributed by atoms with Crippen LogP contribution in [0.4, 0.5) is 37.7 Å². The third-order valence-electron chi connectivity index (χ3n) is 4.75. The predicted octanol–water partition coefficient (Wildman–Crippen LogP) is 4.97. The number of alkyl halides is 6. The minimum absolute atomic E-state index is 0.00633. The molecule has 0 aromatic heterocycles. The zero-order chi connectivity index (χ0) is 23.5. The maximum Gasteiger partial charge on any atom is 0.416 e. The van der Waals surface area contributed by atoms with Gasteiger partial charge in [0, 0.05) is 24.5 Å². The number of ether oxygens (including phenoxy) is 2. The lowest BCUT2D eigenvalue weighted by atomic mass is 10.1. The molecule has 1 fully saturated rings. The van der Waals surface area contributed by atoms with Crippen molar-refractivity contribution in [1.82, 2.24) is 0 Å². The molecule has 0 bridgehead atoms. The van der Waals surface area contributed by atoms with Crippen LogP contribution in [0.1, 0.15) is 18.1 Å². The van der Waals surface area contributed by atoms with E-state index in [4.69, 9.17) is 9.47 Å². The molecule has 1 unspecified atom stereocenters. The molecular formula is C21H20F6N2O3. The van der Waals surface area contributed by atoms with Gasteiger partial charge in [-0.05, 0) is 49.4 Å². The average molecular weight is 462 g/mol. The van der Waals surface area contributed by atoms with Crippen molar-refractivity contribution in [3.8, 4) is 5.75 Å². The summed E-state index contributed by atoms with van der Waals surface area (Å²) in [6, 6.07) is 7.70. The van der Waals surface area contributed by atoms with Gasteiger partial charge in [0.05, 0.1) is 24.3 Å². The summed E-state index contributed by atoms with van der Waals surface area (Å²) in [6.45, 7) is 3.91. The van der Waals surface area contributed by atoms with Gasteiger partial charge in [0.1, 0.15) is 5.75 Å². The molecule has 1 N–H and O–H groups in total. The van der Waals surface area contributed by atoms with E-state index < -0.39 is 41.2 Å². The summed E-state index contributed by atoms with van der Waals surface area (Å²) < 4.78 is 88.2. The Hall–Kier alpha value is -2.95. The molecule has 32 heavy (non-hydrogen) atoms. The molecule has 2 aromatic rings. The van der Waals surface area contributed by atoms with E-state index >= 15 is 0 Å². The number of benzene rings is 2. The first-order valence-corrected chi connectivity index (χ1v) is 9.63. The van der Waals surface area contributed by atoms with Gasteiger partial charge in [-0.25, -0.2) is 0 Å². The minimum atomic E-state index is -5.01. The van der Waals surface area contributed by atoms with E-state index in [-0.39, 0.29) is 6.07 Å². The van der Waals surface area contributed by atoms with E-state index in [0.29, 0.717) is 31.0 Å². The summed E-state index contributed by atoms with van der Waals surface area (Å²) in [6.07, 6.45) is -11.4. The molecule has 2 aromatic carbocycles. The molecular weight excluding hydrogens is 442 g/mol. The van der Waals surface area contributed by atoms with Crippen molar-refractivity contribution in [3.63, 3.8) is 0 Å². The van der Waals surface area contributed by atoms with E-state index in [1.807, 2.05) is 0 Å². The SMILES string of the molecule is CC(Oc1cc(C(F)(F)F)cc(C(F)(F)F)c1)C(=O)Nc1ccc(N2CCOCC2)cc1. The van der Waals surface area contributed by atoms with E-state index in [9.17, 15) is 31.1 Å². The molecule has 174 valence electrons. The molecule has 1 aliphatic heterocycles. The number of morpholine rings is 1. The molecule has 0 radical (unpaired) electrons. The number of halogens is 6. The van der Waals surface area contributed by atoms with Crippen LogP contribution in [0.5, 0.6) is 5.75 Å². The highest BCUT2D eigenvalue weighted by Gasteiger charge is 2.37. The van der Waals surface area contributed by atoms with Gasteiger partial charge in [0.2, 0.25) is 0 Å². The van der Waals surface area contributed by atoms with Crippen LogP contribution in [0.3, 0.4) is 0 Å². The van der Waals surface area contributed by atoms with Crippen LogP contribution in [0.2, 0.25) is 0 Å². The Balaban J connectivity index is 1.68. The smallest absolute Gasteiger partial charge is 0.416 e. The summed E-state index contributed by atoms with van der Waals surface area (Å²) >= 11 is 0. The fourth-order valence-corrected chi connectivity index (χ4v) is 3.07. The normalized spacial score (nSPS) is 15.9. The monoisotopic (exact) mass is 462 g/mol. The van der Waals surface area contributed by atoms with Crippen LogP contribution in [-0.4, -0.2) is 38.3 Å². The zero-order valence-corrected chi connectivity index (χ0v) is 16.9. The van der Waals surface area contributed by atoms with E-state index in [2.05, 4.69) is 10.2 Å². The van der Waals surface area contributed by atoms with Gasteiger partial charge in [-0.1, -0.05) is 0 Å². The van der Waals surface area contributed by atoms with Gasteiger partial charge in [-0.2, -0.15) is 26.3 Å². The number of rotatable bonds is 5. The second kappa shape index (κ2) is 9.27. The van der Waals surface area contributed by atoms with Crippen LogP contribution in [-0.2, 0) is 21.9 Å². The highest BCUT2D eigenvalue weighted by atomic mass is 19.4. The van der Waals surface area contributed by atoms with E-state index in [0.717, 1.165) is 18.8 Å². The fourth-order valence-electron chi connectivity index (χ4n) is 3.07. The highest BCUT2D eigenvalue weighted by molar-refractivity contribution is 5.94. The number of nitrogens with one attached hydrogen (secondary N) is 1. The second-order valence-corrected chi connectivity index (χ2v) is 7.14. The highest BCUT2D eigenvalue weighted by Crippen LogP contribution is 2.38. The Labute approximate surface area is 179 Å². The van der Waals surface area contributed by atoms with Gasteiger partial charge < -0.3 is 19.7 Å². The molecule has 1 heterocycles. The van der Waals surface area contributed by atoms with Gasteiger partial charge >= 0.3 is 12.4 Å². The molecule has 1 amide bonds. The minimum Gasteiger partial charge on any atom is -0.481 e. The predicted molar refractivity (Wildman–Crippen MR) is 105 cm³/mol. The van der Waals surface area contributed by atoms with Crippen molar-refractivity contribution in [1.29, 1.82) is 0 Å². The van der Waals surface area contributed by atoms with E-state index in [1.54, 1.807) is 24.3 Å². The van der Waals surface area contributed by atoms with Crippen LogP contribution in [0.15, 0.2) is 42.5 Å². The lowest BCUT2D eigenvalue weighted by Gasteiger charge is -2.29. The maximum absolute atomic E-state index is 13.0. The second-order valence-electron chi connectivity index (χ2n) is 7.14. The topological polar surface area (TPSA) is 50.8 Å². The third kappa shape index (κ3) is 6.06. The van der Waals surface area contributed by atoms with Crippen LogP contribution >= 0.6 is 0 Å². The van der Waals surface area contributed by atoms with Gasteiger partial charge in [-0.15, -0.1) is 0 Å². The number of amides is 1. The molecule has 0 aliphatic carbocycles. The van der Waals surface area contributed by atoms with Gasteiger partial charge in [0.25, 0.3) is 5.91 Å². The Morgan fingerprint density at radius 2 is 1.50 bits per heavy atom. The quantitative estimate of drug-likeness (QED) is 0.638. The lowest BCUT2D eigenvalue weighted by molar-refractivity contribution is -0.143. The average Bonchev–Trinajstić information content (AvgIpc) is 2.73. The van der Waals surface area contributed by atoms with Crippen molar-refractivity contribution >= 4 is 17.3 Å². The van der Waals surface area contributed by atoms with Gasteiger partial charge in [0.15, 0.2) is 6.10 Å². The van der Waals surface area contributed by atoms with Gasteiger partial charge in [-0.3, -0.25) is 4.79 Å². The number of hydrogen-bond donors (Lipinski definition) is 1. The van der Waals surface area contributed by atoms with Crippen molar-refractivity contribution in [2.24, 2.45) is 0 Å². The van der Waals surface area contributed by atoms with Crippen LogP contribution in [0, 0.1) is 0 Å². The number of carbonyl (C=O) groups excluding carboxylic acids is 1. The Bertz CT molecular complexity index is 906. The molecule has 0 saturated carbocycles. The van der Waals surface area contributed by atoms with Crippen LogP contribution < -0.4 is 15.0 Å². The number of anilines is 2.